The smallest absolute Gasteiger partial charge is 0.0358 e. The van der Waals surface area contributed by atoms with E-state index in [1.807, 2.05) is 0 Å². The topological polar surface area (TPSA) is 0 Å². The van der Waals surface area contributed by atoms with E-state index in [0.717, 1.165) is 35.5 Å². The molecule has 0 spiro atoms. The summed E-state index contributed by atoms with van der Waals surface area (Å²) in [7, 11) is 0. The minimum absolute atomic E-state index is 0.993. The Hall–Kier alpha value is 0. The Morgan fingerprint density at radius 1 is 0.750 bits per heavy atom. The molecule has 2 rings (SSSR count). The Bertz CT molecular complexity index is 269. The van der Waals surface area contributed by atoms with E-state index in [1.54, 1.807) is 6.42 Å². The lowest BCUT2D eigenvalue weighted by atomic mass is 9.62. The van der Waals surface area contributed by atoms with Crippen LogP contribution in [0.3, 0.4) is 0 Å². The molecular weight excluding hydrogens is 240 g/mol. The van der Waals surface area contributed by atoms with Crippen molar-refractivity contribution in [1.82, 2.24) is 0 Å². The minimum atomic E-state index is 0.993. The molecule has 0 N–H and O–H groups in total. The zero-order valence-electron chi connectivity index (χ0n) is 14.5. The molecule has 2 aliphatic carbocycles. The molecule has 6 unspecified atom stereocenters. The first-order valence-corrected chi connectivity index (χ1v) is 9.71. The monoisotopic (exact) mass is 278 g/mol. The summed E-state index contributed by atoms with van der Waals surface area (Å²) in [5, 5.41) is 0. The van der Waals surface area contributed by atoms with E-state index in [1.165, 1.54) is 57.8 Å². The molecule has 0 aromatic carbocycles. The molecule has 118 valence electrons. The van der Waals surface area contributed by atoms with Gasteiger partial charge in [-0.2, -0.15) is 0 Å². The van der Waals surface area contributed by atoms with Crippen LogP contribution in [-0.4, -0.2) is 0 Å². The van der Waals surface area contributed by atoms with Crippen LogP contribution in [0.15, 0.2) is 0 Å². The van der Waals surface area contributed by atoms with E-state index in [9.17, 15) is 0 Å². The van der Waals surface area contributed by atoms with Crippen LogP contribution >= 0.6 is 0 Å². The van der Waals surface area contributed by atoms with Crippen LogP contribution in [0, 0.1) is 35.5 Å². The average Bonchev–Trinajstić information content (AvgIpc) is 2.53. The van der Waals surface area contributed by atoms with Gasteiger partial charge in [0.25, 0.3) is 0 Å². The lowest BCUT2D eigenvalue weighted by Gasteiger charge is -2.44. The maximum atomic E-state index is 2.61. The Labute approximate surface area is 128 Å². The Kier molecular flexibility index (Phi) is 6.43. The largest absolute Gasteiger partial charge is 0.0651 e. The molecule has 20 heavy (non-hydrogen) atoms. The third-order valence-electron chi connectivity index (χ3n) is 7.14. The van der Waals surface area contributed by atoms with E-state index in [0.29, 0.717) is 0 Å². The molecule has 0 saturated heterocycles. The summed E-state index contributed by atoms with van der Waals surface area (Å²) in [6, 6.07) is 0. The molecule has 0 heteroatoms. The van der Waals surface area contributed by atoms with Crippen LogP contribution in [-0.2, 0) is 0 Å². The van der Waals surface area contributed by atoms with E-state index in [2.05, 4.69) is 27.7 Å². The second-order valence-corrected chi connectivity index (χ2v) is 7.89. The van der Waals surface area contributed by atoms with Crippen LogP contribution in [0.25, 0.3) is 0 Å². The molecule has 0 nitrogen and oxygen atoms in total. The van der Waals surface area contributed by atoms with Gasteiger partial charge in [0.15, 0.2) is 0 Å². The molecule has 0 aromatic rings. The van der Waals surface area contributed by atoms with Crippen molar-refractivity contribution in [2.45, 2.75) is 91.9 Å². The molecule has 0 heterocycles. The lowest BCUT2D eigenvalue weighted by Crippen LogP contribution is -2.34. The molecule has 0 aliphatic heterocycles. The van der Waals surface area contributed by atoms with E-state index in [-0.39, 0.29) is 0 Å². The third kappa shape index (κ3) is 3.60. The van der Waals surface area contributed by atoms with Gasteiger partial charge in [-0.05, 0) is 61.2 Å². The molecule has 0 amide bonds. The molecule has 0 radical (unpaired) electrons. The molecule has 6 atom stereocenters. The fourth-order valence-electron chi connectivity index (χ4n) is 5.66. The Morgan fingerprint density at radius 3 is 2.05 bits per heavy atom. The molecule has 2 aliphatic rings. The third-order valence-corrected chi connectivity index (χ3v) is 7.14. The van der Waals surface area contributed by atoms with E-state index >= 15 is 0 Å². The van der Waals surface area contributed by atoms with Gasteiger partial charge in [0.2, 0.25) is 0 Å². The van der Waals surface area contributed by atoms with Crippen LogP contribution in [0.4, 0.5) is 0 Å². The highest BCUT2D eigenvalue weighted by atomic mass is 14.4. The second kappa shape index (κ2) is 7.85. The summed E-state index contributed by atoms with van der Waals surface area (Å²) in [6.45, 7) is 9.88. The predicted octanol–water partition coefficient (Wildman–Crippen LogP) is 6.69. The highest BCUT2D eigenvalue weighted by Gasteiger charge is 2.36. The van der Waals surface area contributed by atoms with Crippen molar-refractivity contribution < 1.29 is 0 Å². The maximum absolute atomic E-state index is 2.61. The van der Waals surface area contributed by atoms with Gasteiger partial charge < -0.3 is 0 Å². The maximum Gasteiger partial charge on any atom is -0.0358 e. The fourth-order valence-corrected chi connectivity index (χ4v) is 5.66. The van der Waals surface area contributed by atoms with Crippen molar-refractivity contribution in [3.05, 3.63) is 0 Å². The van der Waals surface area contributed by atoms with E-state index < -0.39 is 0 Å². The molecule has 2 fully saturated rings. The standard InChI is InChI=1S/C20H38/c1-5-16-12-13-19(14-18(16)7-3)15(4)20-11-9-8-10-17(20)6-2/h15-20H,5-14H2,1-4H3. The van der Waals surface area contributed by atoms with Crippen molar-refractivity contribution in [2.75, 3.05) is 0 Å². The van der Waals surface area contributed by atoms with Crippen molar-refractivity contribution >= 4 is 0 Å². The van der Waals surface area contributed by atoms with Crippen LogP contribution in [0.2, 0.25) is 0 Å². The van der Waals surface area contributed by atoms with E-state index in [4.69, 9.17) is 0 Å². The molecule has 0 aromatic heterocycles. The average molecular weight is 279 g/mol. The zero-order valence-corrected chi connectivity index (χ0v) is 14.5. The summed E-state index contributed by atoms with van der Waals surface area (Å²) < 4.78 is 0. The zero-order chi connectivity index (χ0) is 14.5. The van der Waals surface area contributed by atoms with Gasteiger partial charge in [0.05, 0.1) is 0 Å². The van der Waals surface area contributed by atoms with Crippen molar-refractivity contribution in [1.29, 1.82) is 0 Å². The van der Waals surface area contributed by atoms with Gasteiger partial charge in [-0.1, -0.05) is 66.2 Å². The fraction of sp³-hybridized carbons (Fsp3) is 1.00. The number of rotatable bonds is 5. The lowest BCUT2D eigenvalue weighted by molar-refractivity contribution is 0.0667. The number of hydrogen-bond donors (Lipinski definition) is 0. The van der Waals surface area contributed by atoms with Crippen molar-refractivity contribution in [2.24, 2.45) is 35.5 Å². The molecule has 2 saturated carbocycles. The minimum Gasteiger partial charge on any atom is -0.0651 e. The highest BCUT2D eigenvalue weighted by molar-refractivity contribution is 4.87. The van der Waals surface area contributed by atoms with Gasteiger partial charge in [0.1, 0.15) is 0 Å². The van der Waals surface area contributed by atoms with Gasteiger partial charge >= 0.3 is 0 Å². The quantitative estimate of drug-likeness (QED) is 0.525. The summed E-state index contributed by atoms with van der Waals surface area (Å²) >= 11 is 0. The SMILES string of the molecule is CCC1CCC(C(C)C2CCCCC2CC)CC1CC. The van der Waals surface area contributed by atoms with Gasteiger partial charge in [-0.3, -0.25) is 0 Å². The first-order chi connectivity index (χ1) is 9.71. The summed E-state index contributed by atoms with van der Waals surface area (Å²) in [5.74, 6) is 6.20. The second-order valence-electron chi connectivity index (χ2n) is 7.89. The first kappa shape index (κ1) is 16.4. The van der Waals surface area contributed by atoms with Gasteiger partial charge in [0, 0.05) is 0 Å². The van der Waals surface area contributed by atoms with Crippen LogP contribution in [0.1, 0.15) is 91.9 Å². The van der Waals surface area contributed by atoms with Crippen molar-refractivity contribution in [3.63, 3.8) is 0 Å². The number of hydrogen-bond acceptors (Lipinski definition) is 0. The molecule has 0 bridgehead atoms. The summed E-state index contributed by atoms with van der Waals surface area (Å²) in [5.41, 5.74) is 0. The predicted molar refractivity (Wildman–Crippen MR) is 89.8 cm³/mol. The van der Waals surface area contributed by atoms with Gasteiger partial charge in [-0.15, -0.1) is 0 Å². The summed E-state index contributed by atoms with van der Waals surface area (Å²) in [4.78, 5) is 0. The van der Waals surface area contributed by atoms with Crippen LogP contribution < -0.4 is 0 Å². The molecular formula is C20H38. The van der Waals surface area contributed by atoms with Crippen molar-refractivity contribution in [3.8, 4) is 0 Å². The van der Waals surface area contributed by atoms with Crippen LogP contribution in [0.5, 0.6) is 0 Å². The van der Waals surface area contributed by atoms with Gasteiger partial charge in [-0.25, -0.2) is 0 Å². The Morgan fingerprint density at radius 2 is 1.40 bits per heavy atom. The summed E-state index contributed by atoms with van der Waals surface area (Å²) in [6.07, 6.45) is 14.9. The normalized spacial score (nSPS) is 40.5. The first-order valence-electron chi connectivity index (χ1n) is 9.71. The highest BCUT2D eigenvalue weighted by Crippen LogP contribution is 2.46. The Balaban J connectivity index is 1.96.